The molecular weight excluding hydrogens is 290 g/mol. The molecule has 4 rings (SSSR count). The van der Waals surface area contributed by atoms with Gasteiger partial charge in [0.25, 0.3) is 5.56 Å². The molecule has 5 nitrogen and oxygen atoms in total. The Morgan fingerprint density at radius 1 is 1.00 bits per heavy atom. The molecule has 3 N–H and O–H groups in total. The molecule has 23 heavy (non-hydrogen) atoms. The molecule has 114 valence electrons. The van der Waals surface area contributed by atoms with Gasteiger partial charge in [-0.05, 0) is 49.2 Å². The van der Waals surface area contributed by atoms with Crippen molar-refractivity contribution >= 4 is 21.9 Å². The quantitative estimate of drug-likeness (QED) is 0.504. The molecule has 0 saturated heterocycles. The number of aromatic amines is 2. The normalized spacial score (nSPS) is 11.4. The molecule has 0 fully saturated rings. The number of hydrogen-bond donors (Lipinski definition) is 3. The average molecular weight is 305 g/mol. The van der Waals surface area contributed by atoms with Crippen molar-refractivity contribution in [3.8, 4) is 17.1 Å². The third kappa shape index (κ3) is 2.01. The van der Waals surface area contributed by atoms with Crippen molar-refractivity contribution in [2.24, 2.45) is 0 Å². The summed E-state index contributed by atoms with van der Waals surface area (Å²) in [6.45, 7) is 4.04. The highest BCUT2D eigenvalue weighted by Gasteiger charge is 2.17. The summed E-state index contributed by atoms with van der Waals surface area (Å²) in [6, 6.07) is 11.1. The van der Waals surface area contributed by atoms with E-state index in [0.717, 1.165) is 22.2 Å². The van der Waals surface area contributed by atoms with Gasteiger partial charge in [0.1, 0.15) is 17.1 Å². The average Bonchev–Trinajstić information content (AvgIpc) is 2.90. The molecule has 2 aromatic carbocycles. The minimum atomic E-state index is -0.367. The number of fused-ring (bicyclic) bond motifs is 2. The number of aromatic nitrogens is 3. The molecule has 0 saturated carbocycles. The number of aryl methyl sites for hydroxylation is 2. The van der Waals surface area contributed by atoms with Crippen LogP contribution in [-0.4, -0.2) is 20.1 Å². The third-order valence-corrected chi connectivity index (χ3v) is 4.23. The molecule has 2 heterocycles. The van der Waals surface area contributed by atoms with Crippen LogP contribution in [0.15, 0.2) is 41.2 Å². The van der Waals surface area contributed by atoms with Crippen LogP contribution in [0.5, 0.6) is 5.75 Å². The van der Waals surface area contributed by atoms with Gasteiger partial charge in [0.2, 0.25) is 0 Å². The van der Waals surface area contributed by atoms with E-state index in [1.807, 2.05) is 38.1 Å². The summed E-state index contributed by atoms with van der Waals surface area (Å²) in [6.07, 6.45) is 0. The van der Waals surface area contributed by atoms with E-state index in [4.69, 9.17) is 0 Å². The van der Waals surface area contributed by atoms with Crippen molar-refractivity contribution in [2.45, 2.75) is 13.8 Å². The lowest BCUT2D eigenvalue weighted by molar-refractivity contribution is 0.482. The van der Waals surface area contributed by atoms with Gasteiger partial charge in [0.05, 0.1) is 16.6 Å². The van der Waals surface area contributed by atoms with Gasteiger partial charge in [-0.25, -0.2) is 4.98 Å². The summed E-state index contributed by atoms with van der Waals surface area (Å²) in [5.41, 5.74) is 4.28. The second kappa shape index (κ2) is 4.71. The van der Waals surface area contributed by atoms with Crippen molar-refractivity contribution in [3.63, 3.8) is 0 Å². The number of nitrogens with zero attached hydrogens (tertiary/aromatic N) is 1. The fourth-order valence-corrected chi connectivity index (χ4v) is 2.83. The first kappa shape index (κ1) is 13.6. The molecule has 0 radical (unpaired) electrons. The summed E-state index contributed by atoms with van der Waals surface area (Å²) in [4.78, 5) is 22.8. The highest BCUT2D eigenvalue weighted by atomic mass is 16.3. The number of H-pyrrole nitrogens is 2. The fraction of sp³-hybridized carbons (Fsp3) is 0.111. The zero-order chi connectivity index (χ0) is 16.1. The second-order valence-corrected chi connectivity index (χ2v) is 5.76. The lowest BCUT2D eigenvalue weighted by Crippen LogP contribution is -2.10. The number of para-hydroxylation sites is 1. The first-order chi connectivity index (χ1) is 11.0. The standard InChI is InChI=1S/C18H15N3O2/c1-9-7-13-14(8-10(9)2)20-17(19-13)15-16(22)11-5-3-4-6-12(11)21-18(15)23/h3-8H,1-2H3,(H,19,20)(H2,21,22,23). The van der Waals surface area contributed by atoms with E-state index in [9.17, 15) is 9.90 Å². The molecule has 0 aliphatic heterocycles. The smallest absolute Gasteiger partial charge is 0.263 e. The number of pyridine rings is 1. The van der Waals surface area contributed by atoms with Gasteiger partial charge < -0.3 is 15.1 Å². The maximum Gasteiger partial charge on any atom is 0.263 e. The summed E-state index contributed by atoms with van der Waals surface area (Å²) in [5, 5.41) is 11.1. The molecule has 0 aliphatic carbocycles. The molecule has 5 heteroatoms. The van der Waals surface area contributed by atoms with Crippen LogP contribution in [0, 0.1) is 13.8 Å². The van der Waals surface area contributed by atoms with Crippen molar-refractivity contribution < 1.29 is 5.11 Å². The van der Waals surface area contributed by atoms with Crippen LogP contribution in [0.4, 0.5) is 0 Å². The predicted octanol–water partition coefficient (Wildman–Crippen LogP) is 3.39. The fourth-order valence-electron chi connectivity index (χ4n) is 2.83. The number of imidazole rings is 1. The van der Waals surface area contributed by atoms with Crippen LogP contribution in [0.1, 0.15) is 11.1 Å². The number of rotatable bonds is 1. The Balaban J connectivity index is 2.04. The summed E-state index contributed by atoms with van der Waals surface area (Å²) >= 11 is 0. The van der Waals surface area contributed by atoms with E-state index in [1.165, 1.54) is 0 Å². The Labute approximate surface area is 131 Å². The SMILES string of the molecule is Cc1cc2nc(-c3c(O)c4ccccc4[nH]c3=O)[nH]c2cc1C. The van der Waals surface area contributed by atoms with Crippen molar-refractivity contribution in [3.05, 3.63) is 57.9 Å². The van der Waals surface area contributed by atoms with Crippen molar-refractivity contribution in [1.82, 2.24) is 15.0 Å². The van der Waals surface area contributed by atoms with E-state index in [1.54, 1.807) is 12.1 Å². The molecule has 4 aromatic rings. The summed E-state index contributed by atoms with van der Waals surface area (Å²) < 4.78 is 0. The van der Waals surface area contributed by atoms with E-state index >= 15 is 0 Å². The maximum atomic E-state index is 12.4. The van der Waals surface area contributed by atoms with Gasteiger partial charge in [-0.15, -0.1) is 0 Å². The molecule has 0 bridgehead atoms. The number of benzene rings is 2. The minimum Gasteiger partial charge on any atom is -0.506 e. The van der Waals surface area contributed by atoms with Crippen LogP contribution in [0.2, 0.25) is 0 Å². The van der Waals surface area contributed by atoms with Crippen LogP contribution in [-0.2, 0) is 0 Å². The lowest BCUT2D eigenvalue weighted by Gasteiger charge is -2.04. The molecule has 0 spiro atoms. The van der Waals surface area contributed by atoms with Gasteiger partial charge in [-0.2, -0.15) is 0 Å². The van der Waals surface area contributed by atoms with Gasteiger partial charge >= 0.3 is 0 Å². The number of aromatic hydroxyl groups is 1. The second-order valence-electron chi connectivity index (χ2n) is 5.76. The topological polar surface area (TPSA) is 81.8 Å². The summed E-state index contributed by atoms with van der Waals surface area (Å²) in [7, 11) is 0. The van der Waals surface area contributed by atoms with Crippen molar-refractivity contribution in [2.75, 3.05) is 0 Å². The molecule has 0 aliphatic rings. The summed E-state index contributed by atoms with van der Waals surface area (Å²) in [5.74, 6) is 0.311. The Hall–Kier alpha value is -3.08. The van der Waals surface area contributed by atoms with Gasteiger partial charge in [0, 0.05) is 5.39 Å². The molecule has 0 amide bonds. The van der Waals surface area contributed by atoms with Crippen LogP contribution in [0.3, 0.4) is 0 Å². The number of hydrogen-bond acceptors (Lipinski definition) is 3. The Morgan fingerprint density at radius 3 is 2.57 bits per heavy atom. The van der Waals surface area contributed by atoms with E-state index in [0.29, 0.717) is 16.7 Å². The van der Waals surface area contributed by atoms with Crippen LogP contribution >= 0.6 is 0 Å². The Kier molecular flexibility index (Phi) is 2.78. The van der Waals surface area contributed by atoms with Crippen LogP contribution in [0.25, 0.3) is 33.3 Å². The monoisotopic (exact) mass is 305 g/mol. The van der Waals surface area contributed by atoms with Gasteiger partial charge in [-0.3, -0.25) is 4.79 Å². The molecule has 2 aromatic heterocycles. The predicted molar refractivity (Wildman–Crippen MR) is 90.8 cm³/mol. The van der Waals surface area contributed by atoms with E-state index in [2.05, 4.69) is 15.0 Å². The first-order valence-electron chi connectivity index (χ1n) is 7.36. The minimum absolute atomic E-state index is 0.0585. The third-order valence-electron chi connectivity index (χ3n) is 4.23. The number of nitrogens with one attached hydrogen (secondary N) is 2. The highest BCUT2D eigenvalue weighted by molar-refractivity contribution is 5.92. The van der Waals surface area contributed by atoms with Crippen molar-refractivity contribution in [1.29, 1.82) is 0 Å². The van der Waals surface area contributed by atoms with E-state index < -0.39 is 0 Å². The van der Waals surface area contributed by atoms with Crippen LogP contribution < -0.4 is 5.56 Å². The Morgan fingerprint density at radius 2 is 1.74 bits per heavy atom. The zero-order valence-corrected chi connectivity index (χ0v) is 12.8. The molecular formula is C18H15N3O2. The molecule has 0 unspecified atom stereocenters. The highest BCUT2D eigenvalue weighted by Crippen LogP contribution is 2.31. The Bertz CT molecular complexity index is 1080. The first-order valence-corrected chi connectivity index (χ1v) is 7.36. The largest absolute Gasteiger partial charge is 0.506 e. The van der Waals surface area contributed by atoms with Gasteiger partial charge in [-0.1, -0.05) is 12.1 Å². The maximum absolute atomic E-state index is 12.4. The molecule has 0 atom stereocenters. The zero-order valence-electron chi connectivity index (χ0n) is 12.8. The van der Waals surface area contributed by atoms with E-state index in [-0.39, 0.29) is 16.9 Å². The lowest BCUT2D eigenvalue weighted by atomic mass is 10.1. The van der Waals surface area contributed by atoms with Gasteiger partial charge in [0.15, 0.2) is 0 Å².